The number of rotatable bonds is 7. The van der Waals surface area contributed by atoms with Crippen molar-refractivity contribution in [2.45, 2.75) is 26.8 Å². The number of hydrogen-bond acceptors (Lipinski definition) is 4. The lowest BCUT2D eigenvalue weighted by Crippen LogP contribution is -2.00. The summed E-state index contributed by atoms with van der Waals surface area (Å²) in [6, 6.07) is 16.6. The Morgan fingerprint density at radius 1 is 1.19 bits per heavy atom. The number of aryl methyl sites for hydroxylation is 1. The third-order valence-electron chi connectivity index (χ3n) is 4.30. The van der Waals surface area contributed by atoms with E-state index in [1.54, 1.807) is 19.1 Å². The van der Waals surface area contributed by atoms with E-state index >= 15 is 0 Å². The second kappa shape index (κ2) is 8.20. The Morgan fingerprint density at radius 3 is 2.73 bits per heavy atom. The first-order chi connectivity index (χ1) is 12.7. The molecule has 26 heavy (non-hydrogen) atoms. The first-order valence-corrected chi connectivity index (χ1v) is 9.80. The molecule has 2 aromatic carbocycles. The Bertz CT molecular complexity index is 956. The van der Waals surface area contributed by atoms with E-state index in [-0.39, 0.29) is 0 Å². The monoisotopic (exact) mass is 365 g/mol. The number of methoxy groups -OCH3 is 1. The highest BCUT2D eigenvalue weighted by atomic mass is 32.2. The molecule has 0 fully saturated rings. The van der Waals surface area contributed by atoms with Gasteiger partial charge < -0.3 is 14.0 Å². The summed E-state index contributed by atoms with van der Waals surface area (Å²) in [5.74, 6) is 1.79. The van der Waals surface area contributed by atoms with Crippen molar-refractivity contribution in [2.24, 2.45) is 0 Å². The van der Waals surface area contributed by atoms with E-state index in [1.165, 1.54) is 0 Å². The maximum Gasteiger partial charge on any atom is 0.120 e. The van der Waals surface area contributed by atoms with Crippen LogP contribution in [0.3, 0.4) is 0 Å². The van der Waals surface area contributed by atoms with Crippen molar-refractivity contribution in [1.29, 1.82) is 5.26 Å². The van der Waals surface area contributed by atoms with Crippen LogP contribution in [0, 0.1) is 11.3 Å². The van der Waals surface area contributed by atoms with Gasteiger partial charge in [0.1, 0.15) is 11.8 Å². The van der Waals surface area contributed by atoms with Crippen molar-refractivity contribution < 1.29 is 4.74 Å². The van der Waals surface area contributed by atoms with Crippen LogP contribution in [0.15, 0.2) is 42.5 Å². The number of ether oxygens (including phenoxy) is 1. The first-order valence-electron chi connectivity index (χ1n) is 8.82. The molecule has 1 aromatic heterocycles. The molecule has 0 unspecified atom stereocenters. The zero-order valence-electron chi connectivity index (χ0n) is 15.4. The number of hydrogen-bond donors (Lipinski definition) is 1. The summed E-state index contributed by atoms with van der Waals surface area (Å²) in [6.07, 6.45) is 0.989. The molecule has 134 valence electrons. The van der Waals surface area contributed by atoms with Crippen molar-refractivity contribution >= 4 is 28.5 Å². The minimum Gasteiger partial charge on any atom is -0.497 e. The number of aromatic nitrogens is 1. The van der Waals surface area contributed by atoms with E-state index in [1.807, 2.05) is 30.3 Å². The Balaban J connectivity index is 2.24. The van der Waals surface area contributed by atoms with Gasteiger partial charge in [0, 0.05) is 35.0 Å². The van der Waals surface area contributed by atoms with Crippen LogP contribution < -0.4 is 9.46 Å². The highest BCUT2D eigenvalue weighted by molar-refractivity contribution is 8.00. The van der Waals surface area contributed by atoms with Crippen molar-refractivity contribution in [3.8, 4) is 23.1 Å². The smallest absolute Gasteiger partial charge is 0.120 e. The summed E-state index contributed by atoms with van der Waals surface area (Å²) >= 11 is 1.66. The molecule has 0 spiro atoms. The molecule has 0 aliphatic carbocycles. The molecule has 0 bridgehead atoms. The molecule has 0 amide bonds. The molecular weight excluding hydrogens is 342 g/mol. The predicted molar refractivity (Wildman–Crippen MR) is 111 cm³/mol. The van der Waals surface area contributed by atoms with Crippen LogP contribution >= 0.6 is 11.9 Å². The summed E-state index contributed by atoms with van der Waals surface area (Å²) in [5.41, 5.74) is 4.83. The molecule has 1 heterocycles. The molecule has 0 aliphatic heterocycles. The van der Waals surface area contributed by atoms with Crippen LogP contribution in [0.1, 0.15) is 25.8 Å². The number of nitriles is 1. The molecule has 0 saturated carbocycles. The lowest BCUT2D eigenvalue weighted by Gasteiger charge is -2.12. The molecule has 0 atom stereocenters. The van der Waals surface area contributed by atoms with Gasteiger partial charge in [0.25, 0.3) is 0 Å². The number of fused-ring (bicyclic) bond motifs is 1. The molecule has 0 saturated heterocycles. The number of benzene rings is 2. The van der Waals surface area contributed by atoms with E-state index in [2.05, 4.69) is 41.3 Å². The first kappa shape index (κ1) is 18.2. The normalized spacial score (nSPS) is 10.7. The minimum atomic E-state index is 0.719. The van der Waals surface area contributed by atoms with Crippen LogP contribution in [-0.2, 0) is 6.54 Å². The zero-order chi connectivity index (χ0) is 18.5. The van der Waals surface area contributed by atoms with E-state index < -0.39 is 0 Å². The zero-order valence-corrected chi connectivity index (χ0v) is 16.2. The van der Waals surface area contributed by atoms with Gasteiger partial charge in [0.15, 0.2) is 0 Å². The Kier molecular flexibility index (Phi) is 5.75. The van der Waals surface area contributed by atoms with E-state index in [0.29, 0.717) is 0 Å². The van der Waals surface area contributed by atoms with Crippen LogP contribution in [-0.4, -0.2) is 17.4 Å². The van der Waals surface area contributed by atoms with E-state index in [0.717, 1.165) is 57.9 Å². The molecule has 4 nitrogen and oxygen atoms in total. The summed E-state index contributed by atoms with van der Waals surface area (Å²) in [5, 5.41) is 10.9. The average molecular weight is 366 g/mol. The standard InChI is InChI=1S/C21H23N3OS/c1-4-11-24-20-13-17(25-3)9-10-18(20)19(14-22)21(24)15-7-6-8-16(12-15)23-26-5-2/h6-10,12-13,23H,4-5,11H2,1-3H3. The third kappa shape index (κ3) is 3.38. The average Bonchev–Trinajstić information content (AvgIpc) is 2.99. The van der Waals surface area contributed by atoms with Gasteiger partial charge in [-0.2, -0.15) is 5.26 Å². The molecule has 3 rings (SSSR count). The Labute approximate surface area is 158 Å². The predicted octanol–water partition coefficient (Wildman–Crippen LogP) is 5.68. The fourth-order valence-corrected chi connectivity index (χ4v) is 3.65. The van der Waals surface area contributed by atoms with Gasteiger partial charge in [-0.15, -0.1) is 0 Å². The van der Waals surface area contributed by atoms with Gasteiger partial charge >= 0.3 is 0 Å². The maximum absolute atomic E-state index is 9.88. The van der Waals surface area contributed by atoms with Crippen LogP contribution in [0.4, 0.5) is 5.69 Å². The molecule has 3 aromatic rings. The lowest BCUT2D eigenvalue weighted by molar-refractivity contribution is 0.415. The summed E-state index contributed by atoms with van der Waals surface area (Å²) in [6.45, 7) is 5.11. The molecule has 0 aliphatic rings. The summed E-state index contributed by atoms with van der Waals surface area (Å²) in [4.78, 5) is 0. The number of anilines is 1. The SMILES string of the molecule is CCCn1c(-c2cccc(NSCC)c2)c(C#N)c2ccc(OC)cc21. The largest absolute Gasteiger partial charge is 0.497 e. The van der Waals surface area contributed by atoms with Gasteiger partial charge in [0.05, 0.1) is 23.9 Å². The Hall–Kier alpha value is -2.58. The van der Waals surface area contributed by atoms with E-state index in [4.69, 9.17) is 4.74 Å². The van der Waals surface area contributed by atoms with Gasteiger partial charge in [-0.25, -0.2) is 0 Å². The quantitative estimate of drug-likeness (QED) is 0.547. The highest BCUT2D eigenvalue weighted by Gasteiger charge is 2.19. The van der Waals surface area contributed by atoms with Crippen LogP contribution in [0.5, 0.6) is 5.75 Å². The molecule has 1 N–H and O–H groups in total. The minimum absolute atomic E-state index is 0.719. The second-order valence-corrected chi connectivity index (χ2v) is 7.06. The maximum atomic E-state index is 9.88. The fraction of sp³-hybridized carbons (Fsp3) is 0.286. The second-order valence-electron chi connectivity index (χ2n) is 5.99. The van der Waals surface area contributed by atoms with Gasteiger partial charge in [-0.1, -0.05) is 37.9 Å². The fourth-order valence-electron chi connectivity index (χ4n) is 3.21. The van der Waals surface area contributed by atoms with Crippen LogP contribution in [0.25, 0.3) is 22.2 Å². The van der Waals surface area contributed by atoms with Crippen molar-refractivity contribution in [1.82, 2.24) is 4.57 Å². The van der Waals surface area contributed by atoms with Crippen molar-refractivity contribution in [2.75, 3.05) is 17.6 Å². The van der Waals surface area contributed by atoms with Gasteiger partial charge in [-0.05, 0) is 30.7 Å². The van der Waals surface area contributed by atoms with Crippen LogP contribution in [0.2, 0.25) is 0 Å². The van der Waals surface area contributed by atoms with Crippen molar-refractivity contribution in [3.05, 3.63) is 48.0 Å². The number of nitrogens with zero attached hydrogens (tertiary/aromatic N) is 2. The Morgan fingerprint density at radius 2 is 2.04 bits per heavy atom. The lowest BCUT2D eigenvalue weighted by atomic mass is 10.1. The molecule has 5 heteroatoms. The summed E-state index contributed by atoms with van der Waals surface area (Å²) < 4.78 is 11.0. The highest BCUT2D eigenvalue weighted by Crippen LogP contribution is 2.36. The third-order valence-corrected chi connectivity index (χ3v) is 4.97. The van der Waals surface area contributed by atoms with E-state index in [9.17, 15) is 5.26 Å². The molecular formula is C21H23N3OS. The topological polar surface area (TPSA) is 50.0 Å². The van der Waals surface area contributed by atoms with Gasteiger partial charge in [-0.3, -0.25) is 0 Å². The molecule has 0 radical (unpaired) electrons. The van der Waals surface area contributed by atoms with Gasteiger partial charge in [0.2, 0.25) is 0 Å². The summed E-state index contributed by atoms with van der Waals surface area (Å²) in [7, 11) is 1.67. The number of nitrogens with one attached hydrogen (secondary N) is 1. The van der Waals surface area contributed by atoms with Crippen molar-refractivity contribution in [3.63, 3.8) is 0 Å².